The monoisotopic (exact) mass is 200 g/mol. The van der Waals surface area contributed by atoms with Crippen LogP contribution in [0.1, 0.15) is 0 Å². The number of aromatic nitrogens is 1. The smallest absolute Gasteiger partial charge is 0.130 e. The topological polar surface area (TPSA) is 51.5 Å². The summed E-state index contributed by atoms with van der Waals surface area (Å²) in [5.74, 6) is 1.26. The molecule has 4 nitrogen and oxygen atoms in total. The van der Waals surface area contributed by atoms with E-state index < -0.39 is 0 Å². The summed E-state index contributed by atoms with van der Waals surface area (Å²) in [6.07, 6.45) is 3.27. The summed E-state index contributed by atoms with van der Waals surface area (Å²) in [4.78, 5) is 14.2. The lowest BCUT2D eigenvalue weighted by Crippen LogP contribution is -1.83. The summed E-state index contributed by atoms with van der Waals surface area (Å²) in [7, 11) is 0. The number of rotatable bonds is 3. The van der Waals surface area contributed by atoms with Crippen molar-refractivity contribution in [3.05, 3.63) is 53.7 Å². The van der Waals surface area contributed by atoms with Gasteiger partial charge in [-0.2, -0.15) is 0 Å². The molecule has 0 saturated carbocycles. The van der Waals surface area contributed by atoms with Crippen molar-refractivity contribution in [2.24, 2.45) is 5.18 Å². The van der Waals surface area contributed by atoms with E-state index >= 15 is 0 Å². The van der Waals surface area contributed by atoms with E-state index in [1.165, 1.54) is 0 Å². The molecule has 0 aliphatic carbocycles. The van der Waals surface area contributed by atoms with Crippen molar-refractivity contribution in [3.63, 3.8) is 0 Å². The molecule has 1 heterocycles. The van der Waals surface area contributed by atoms with Gasteiger partial charge in [0.1, 0.15) is 17.2 Å². The molecule has 0 spiro atoms. The predicted octanol–water partition coefficient (Wildman–Crippen LogP) is 3.27. The molecule has 74 valence electrons. The van der Waals surface area contributed by atoms with Crippen molar-refractivity contribution >= 4 is 5.69 Å². The van der Waals surface area contributed by atoms with Gasteiger partial charge in [0.2, 0.25) is 0 Å². The van der Waals surface area contributed by atoms with Crippen LogP contribution in [0.25, 0.3) is 0 Å². The van der Waals surface area contributed by atoms with Gasteiger partial charge in [0.25, 0.3) is 0 Å². The van der Waals surface area contributed by atoms with E-state index in [0.29, 0.717) is 17.2 Å². The number of nitroso groups, excluding NO2 is 1. The molecule has 0 amide bonds. The zero-order valence-electron chi connectivity index (χ0n) is 7.83. The van der Waals surface area contributed by atoms with Crippen LogP contribution in [-0.4, -0.2) is 4.98 Å². The van der Waals surface area contributed by atoms with Crippen LogP contribution >= 0.6 is 0 Å². The van der Waals surface area contributed by atoms with Gasteiger partial charge < -0.3 is 4.74 Å². The van der Waals surface area contributed by atoms with Gasteiger partial charge in [0, 0.05) is 18.5 Å². The van der Waals surface area contributed by atoms with E-state index in [2.05, 4.69) is 10.2 Å². The average Bonchev–Trinajstić information content (AvgIpc) is 2.31. The number of hydrogen-bond donors (Lipinski definition) is 0. The second kappa shape index (κ2) is 4.32. The van der Waals surface area contributed by atoms with Gasteiger partial charge in [-0.3, -0.25) is 4.98 Å². The van der Waals surface area contributed by atoms with Crippen LogP contribution < -0.4 is 4.74 Å². The van der Waals surface area contributed by atoms with Crippen LogP contribution in [0.4, 0.5) is 5.69 Å². The van der Waals surface area contributed by atoms with Crippen molar-refractivity contribution < 1.29 is 4.74 Å². The summed E-state index contributed by atoms with van der Waals surface area (Å²) in [5.41, 5.74) is 0.349. The molecule has 0 atom stereocenters. The third-order valence-electron chi connectivity index (χ3n) is 1.81. The Bertz CT molecular complexity index is 457. The van der Waals surface area contributed by atoms with E-state index in [0.717, 1.165) is 0 Å². The first-order valence-electron chi connectivity index (χ1n) is 4.40. The Hall–Kier alpha value is -2.23. The number of ether oxygens (including phenoxy) is 1. The number of benzene rings is 1. The zero-order valence-corrected chi connectivity index (χ0v) is 7.83. The third-order valence-corrected chi connectivity index (χ3v) is 1.81. The van der Waals surface area contributed by atoms with Gasteiger partial charge in [-0.25, -0.2) is 0 Å². The fourth-order valence-electron chi connectivity index (χ4n) is 1.15. The van der Waals surface area contributed by atoms with E-state index in [1.807, 2.05) is 0 Å². The summed E-state index contributed by atoms with van der Waals surface area (Å²) in [5, 5.41) is 2.83. The predicted molar refractivity (Wildman–Crippen MR) is 56.2 cm³/mol. The SMILES string of the molecule is O=Nc1cccc(Oc2ccncc2)c1. The van der Waals surface area contributed by atoms with E-state index in [1.54, 1.807) is 48.8 Å². The normalized spacial score (nSPS) is 9.60. The third kappa shape index (κ3) is 2.37. The Morgan fingerprint density at radius 1 is 1.07 bits per heavy atom. The Balaban J connectivity index is 2.21. The minimum absolute atomic E-state index is 0.349. The molecule has 0 radical (unpaired) electrons. The highest BCUT2D eigenvalue weighted by Gasteiger charge is 1.98. The van der Waals surface area contributed by atoms with Gasteiger partial charge in [0.15, 0.2) is 0 Å². The highest BCUT2D eigenvalue weighted by molar-refractivity contribution is 5.44. The first-order chi connectivity index (χ1) is 7.38. The van der Waals surface area contributed by atoms with Crippen LogP contribution in [-0.2, 0) is 0 Å². The lowest BCUT2D eigenvalue weighted by Gasteiger charge is -2.04. The summed E-state index contributed by atoms with van der Waals surface area (Å²) in [6, 6.07) is 10.1. The number of nitrogens with zero attached hydrogens (tertiary/aromatic N) is 2. The van der Waals surface area contributed by atoms with Gasteiger partial charge in [-0.05, 0) is 29.4 Å². The van der Waals surface area contributed by atoms with Crippen molar-refractivity contribution in [2.75, 3.05) is 0 Å². The minimum atomic E-state index is 0.349. The molecular weight excluding hydrogens is 192 g/mol. The first kappa shape index (κ1) is 9.33. The molecular formula is C11H8N2O2. The number of hydrogen-bond acceptors (Lipinski definition) is 4. The molecule has 1 aromatic carbocycles. The minimum Gasteiger partial charge on any atom is -0.457 e. The zero-order chi connectivity index (χ0) is 10.5. The van der Waals surface area contributed by atoms with E-state index in [9.17, 15) is 4.91 Å². The van der Waals surface area contributed by atoms with Crippen molar-refractivity contribution in [3.8, 4) is 11.5 Å². The summed E-state index contributed by atoms with van der Waals surface area (Å²) < 4.78 is 5.48. The highest BCUT2D eigenvalue weighted by atomic mass is 16.5. The Morgan fingerprint density at radius 2 is 1.87 bits per heavy atom. The van der Waals surface area contributed by atoms with Crippen molar-refractivity contribution in [1.29, 1.82) is 0 Å². The van der Waals surface area contributed by atoms with Crippen LogP contribution in [0, 0.1) is 4.91 Å². The Morgan fingerprint density at radius 3 is 2.60 bits per heavy atom. The molecule has 0 bridgehead atoms. The molecule has 4 heteroatoms. The molecule has 0 fully saturated rings. The molecule has 0 N–H and O–H groups in total. The van der Waals surface area contributed by atoms with E-state index in [-0.39, 0.29) is 0 Å². The quantitative estimate of drug-likeness (QED) is 0.714. The summed E-state index contributed by atoms with van der Waals surface area (Å²) in [6.45, 7) is 0. The number of pyridine rings is 1. The van der Waals surface area contributed by atoms with Gasteiger partial charge in [-0.1, -0.05) is 6.07 Å². The molecule has 0 saturated heterocycles. The molecule has 2 aromatic rings. The maximum atomic E-state index is 10.3. The Labute approximate surface area is 86.5 Å². The van der Waals surface area contributed by atoms with Gasteiger partial charge in [-0.15, -0.1) is 4.91 Å². The standard InChI is InChI=1S/C11H8N2O2/c14-13-9-2-1-3-11(8-9)15-10-4-6-12-7-5-10/h1-8H. The second-order valence-corrected chi connectivity index (χ2v) is 2.87. The first-order valence-corrected chi connectivity index (χ1v) is 4.40. The lowest BCUT2D eigenvalue weighted by molar-refractivity contribution is 0.482. The fraction of sp³-hybridized carbons (Fsp3) is 0. The maximum absolute atomic E-state index is 10.3. The van der Waals surface area contributed by atoms with Gasteiger partial charge >= 0.3 is 0 Å². The van der Waals surface area contributed by atoms with E-state index in [4.69, 9.17) is 4.74 Å². The molecule has 0 aliphatic rings. The largest absolute Gasteiger partial charge is 0.457 e. The highest BCUT2D eigenvalue weighted by Crippen LogP contribution is 2.24. The molecule has 1 aromatic heterocycles. The Kier molecular flexibility index (Phi) is 2.69. The average molecular weight is 200 g/mol. The molecule has 2 rings (SSSR count). The van der Waals surface area contributed by atoms with Crippen LogP contribution in [0.2, 0.25) is 0 Å². The lowest BCUT2D eigenvalue weighted by atomic mass is 10.3. The van der Waals surface area contributed by atoms with Gasteiger partial charge in [0.05, 0.1) is 0 Å². The van der Waals surface area contributed by atoms with Crippen LogP contribution in [0.15, 0.2) is 54.0 Å². The molecule has 0 aliphatic heterocycles. The van der Waals surface area contributed by atoms with Crippen molar-refractivity contribution in [1.82, 2.24) is 4.98 Å². The summed E-state index contributed by atoms with van der Waals surface area (Å²) >= 11 is 0. The molecule has 15 heavy (non-hydrogen) atoms. The van der Waals surface area contributed by atoms with Crippen LogP contribution in [0.5, 0.6) is 11.5 Å². The second-order valence-electron chi connectivity index (χ2n) is 2.87. The fourth-order valence-corrected chi connectivity index (χ4v) is 1.15. The van der Waals surface area contributed by atoms with Crippen LogP contribution in [0.3, 0.4) is 0 Å². The maximum Gasteiger partial charge on any atom is 0.130 e. The molecule has 0 unspecified atom stereocenters. The van der Waals surface area contributed by atoms with Crippen molar-refractivity contribution in [2.45, 2.75) is 0 Å².